The molecule has 1 atom stereocenters. The molecule has 9 heteroatoms. The second-order valence-electron chi connectivity index (χ2n) is 10.3. The van der Waals surface area contributed by atoms with Gasteiger partial charge >= 0.3 is 5.97 Å². The summed E-state index contributed by atoms with van der Waals surface area (Å²) in [5.41, 5.74) is 0. The summed E-state index contributed by atoms with van der Waals surface area (Å²) >= 11 is 0. The Morgan fingerprint density at radius 2 is 1.21 bits per heavy atom. The number of ether oxygens (including phenoxy) is 2. The van der Waals surface area contributed by atoms with Crippen molar-refractivity contribution in [2.45, 2.75) is 135 Å². The van der Waals surface area contributed by atoms with Crippen molar-refractivity contribution in [3.63, 3.8) is 0 Å². The maximum Gasteiger partial charge on any atom is 0.326 e. The fraction of sp³-hybridized carbons (Fsp3) is 0.867. The quantitative estimate of drug-likeness (QED) is 0.106. The van der Waals surface area contributed by atoms with Crippen LogP contribution in [0.25, 0.3) is 0 Å². The van der Waals surface area contributed by atoms with Crippen molar-refractivity contribution in [1.82, 2.24) is 10.6 Å². The number of carbonyl (C=O) groups is 4. The second-order valence-corrected chi connectivity index (χ2v) is 10.3. The van der Waals surface area contributed by atoms with Gasteiger partial charge in [0.1, 0.15) is 18.4 Å². The molecule has 228 valence electrons. The number of Topliss-reactive ketones (excluding diaryl/α,β-unsaturated/α-hetero) is 1. The van der Waals surface area contributed by atoms with Gasteiger partial charge in [0.05, 0.1) is 13.2 Å². The van der Waals surface area contributed by atoms with E-state index >= 15 is 0 Å². The highest BCUT2D eigenvalue weighted by Gasteiger charge is 2.20. The first-order valence-electron chi connectivity index (χ1n) is 15.4. The first kappa shape index (κ1) is 37.0. The Kier molecular flexibility index (Phi) is 26.1. The van der Waals surface area contributed by atoms with E-state index in [9.17, 15) is 24.3 Å². The molecule has 9 nitrogen and oxygen atoms in total. The lowest BCUT2D eigenvalue weighted by Gasteiger charge is -2.14. The highest BCUT2D eigenvalue weighted by molar-refractivity contribution is 5.84. The van der Waals surface area contributed by atoms with E-state index in [1.54, 1.807) is 0 Å². The van der Waals surface area contributed by atoms with E-state index in [4.69, 9.17) is 9.47 Å². The largest absolute Gasteiger partial charge is 0.480 e. The molecule has 0 aliphatic rings. The minimum absolute atomic E-state index is 0.00360. The second kappa shape index (κ2) is 27.6. The van der Waals surface area contributed by atoms with E-state index < -0.39 is 12.0 Å². The fourth-order valence-electron chi connectivity index (χ4n) is 4.26. The average Bonchev–Trinajstić information content (AvgIpc) is 2.90. The zero-order chi connectivity index (χ0) is 29.0. The molecule has 0 rings (SSSR count). The number of amides is 2. The predicted octanol–water partition coefficient (Wildman–Crippen LogP) is 5.34. The van der Waals surface area contributed by atoms with Gasteiger partial charge in [0.25, 0.3) is 0 Å². The van der Waals surface area contributed by atoms with Crippen molar-refractivity contribution in [3.8, 4) is 0 Å². The van der Waals surface area contributed by atoms with Crippen LogP contribution in [0.1, 0.15) is 129 Å². The number of carboxylic acid groups (broad SMARTS) is 1. The first-order chi connectivity index (χ1) is 18.9. The van der Waals surface area contributed by atoms with Crippen molar-refractivity contribution >= 4 is 23.6 Å². The van der Waals surface area contributed by atoms with Gasteiger partial charge in [-0.15, -0.1) is 0 Å². The Morgan fingerprint density at radius 3 is 1.77 bits per heavy atom. The van der Waals surface area contributed by atoms with Gasteiger partial charge in [-0.2, -0.15) is 0 Å². The number of likely N-dealkylation sites (N-methyl/N-ethyl adjacent to an activating group) is 1. The van der Waals surface area contributed by atoms with Gasteiger partial charge in [0.15, 0.2) is 0 Å². The maximum atomic E-state index is 12.2. The number of carboxylic acids is 1. The van der Waals surface area contributed by atoms with Crippen molar-refractivity contribution in [1.29, 1.82) is 0 Å². The summed E-state index contributed by atoms with van der Waals surface area (Å²) < 4.78 is 10.6. The third kappa shape index (κ3) is 26.0. The van der Waals surface area contributed by atoms with E-state index in [0.29, 0.717) is 45.6 Å². The number of rotatable bonds is 29. The van der Waals surface area contributed by atoms with Gasteiger partial charge in [-0.25, -0.2) is 4.79 Å². The van der Waals surface area contributed by atoms with Crippen LogP contribution in [0.2, 0.25) is 0 Å². The molecular weight excluding hydrogens is 500 g/mol. The molecule has 0 saturated carbocycles. The Balaban J connectivity index is 3.73. The van der Waals surface area contributed by atoms with Crippen LogP contribution in [0.15, 0.2) is 0 Å². The summed E-state index contributed by atoms with van der Waals surface area (Å²) in [5, 5.41) is 14.6. The lowest BCUT2D eigenvalue weighted by atomic mass is 10.0. The lowest BCUT2D eigenvalue weighted by Crippen LogP contribution is -2.41. The van der Waals surface area contributed by atoms with Crippen molar-refractivity contribution < 1.29 is 33.8 Å². The van der Waals surface area contributed by atoms with Crippen LogP contribution < -0.4 is 10.6 Å². The van der Waals surface area contributed by atoms with Gasteiger partial charge < -0.3 is 25.2 Å². The Bertz CT molecular complexity index is 643. The van der Waals surface area contributed by atoms with Crippen LogP contribution >= 0.6 is 0 Å². The number of ketones is 1. The van der Waals surface area contributed by atoms with E-state index in [0.717, 1.165) is 19.3 Å². The number of unbranched alkanes of at least 4 members (excludes halogenated alkanes) is 12. The van der Waals surface area contributed by atoms with Gasteiger partial charge in [0.2, 0.25) is 11.8 Å². The maximum absolute atomic E-state index is 12.2. The van der Waals surface area contributed by atoms with Crippen LogP contribution in [-0.4, -0.2) is 67.7 Å². The van der Waals surface area contributed by atoms with Crippen molar-refractivity contribution in [2.24, 2.45) is 0 Å². The number of aliphatic carboxylic acids is 1. The normalized spacial score (nSPS) is 11.7. The molecule has 0 bridgehead atoms. The van der Waals surface area contributed by atoms with Crippen LogP contribution in [0.4, 0.5) is 0 Å². The Morgan fingerprint density at radius 1 is 0.641 bits per heavy atom. The topological polar surface area (TPSA) is 131 Å². The molecule has 0 aliphatic heterocycles. The molecule has 0 heterocycles. The Hall–Kier alpha value is -2.00. The van der Waals surface area contributed by atoms with Crippen LogP contribution in [-0.2, 0) is 28.7 Å². The molecule has 3 N–H and O–H groups in total. The van der Waals surface area contributed by atoms with Gasteiger partial charge in [0, 0.05) is 32.4 Å². The van der Waals surface area contributed by atoms with Gasteiger partial charge in [-0.05, 0) is 26.2 Å². The van der Waals surface area contributed by atoms with Crippen LogP contribution in [0.3, 0.4) is 0 Å². The van der Waals surface area contributed by atoms with Gasteiger partial charge in [-0.1, -0.05) is 84.0 Å². The third-order valence-corrected chi connectivity index (χ3v) is 6.58. The number of nitrogens with one attached hydrogen (secondary N) is 2. The van der Waals surface area contributed by atoms with Crippen molar-refractivity contribution in [2.75, 3.05) is 33.0 Å². The molecule has 0 aromatic heterocycles. The first-order valence-corrected chi connectivity index (χ1v) is 15.4. The predicted molar refractivity (Wildman–Crippen MR) is 154 cm³/mol. The standard InChI is InChI=1S/C30H56N2O7/c1-3-5-6-7-8-9-10-11-12-13-14-15-16-19-28(34)32-27(30(36)37)21-20-26(33)18-17-22-38-23-24-39-25-29(35)31-4-2/h27H,3-25H2,1-2H3,(H,31,35)(H,32,34)(H,36,37). The molecule has 2 amide bonds. The minimum Gasteiger partial charge on any atom is -0.480 e. The zero-order valence-corrected chi connectivity index (χ0v) is 24.7. The van der Waals surface area contributed by atoms with Gasteiger partial charge in [-0.3, -0.25) is 14.4 Å². The molecule has 1 unspecified atom stereocenters. The molecule has 0 spiro atoms. The molecule has 0 aromatic carbocycles. The molecular formula is C30H56N2O7. The summed E-state index contributed by atoms with van der Waals surface area (Å²) in [6, 6.07) is -1.04. The van der Waals surface area contributed by atoms with E-state index in [1.165, 1.54) is 64.2 Å². The highest BCUT2D eigenvalue weighted by Crippen LogP contribution is 2.13. The summed E-state index contributed by atoms with van der Waals surface area (Å²) in [6.07, 6.45) is 17.3. The molecule has 0 aliphatic carbocycles. The average molecular weight is 557 g/mol. The zero-order valence-electron chi connectivity index (χ0n) is 24.7. The summed E-state index contributed by atoms with van der Waals surface area (Å²) in [7, 11) is 0. The van der Waals surface area contributed by atoms with Crippen LogP contribution in [0, 0.1) is 0 Å². The highest BCUT2D eigenvalue weighted by atomic mass is 16.5. The summed E-state index contributed by atoms with van der Waals surface area (Å²) in [6.45, 7) is 5.65. The third-order valence-electron chi connectivity index (χ3n) is 6.58. The van der Waals surface area contributed by atoms with E-state index in [2.05, 4.69) is 17.6 Å². The number of hydrogen-bond acceptors (Lipinski definition) is 6. The molecule has 0 saturated heterocycles. The number of hydrogen-bond donors (Lipinski definition) is 3. The van der Waals surface area contributed by atoms with Crippen molar-refractivity contribution in [3.05, 3.63) is 0 Å². The monoisotopic (exact) mass is 556 g/mol. The summed E-state index contributed by atoms with van der Waals surface area (Å²) in [5.74, 6) is -1.60. The van der Waals surface area contributed by atoms with E-state index in [1.807, 2.05) is 6.92 Å². The van der Waals surface area contributed by atoms with Crippen LogP contribution in [0.5, 0.6) is 0 Å². The fourth-order valence-corrected chi connectivity index (χ4v) is 4.26. The molecule has 39 heavy (non-hydrogen) atoms. The molecule has 0 fully saturated rings. The smallest absolute Gasteiger partial charge is 0.326 e. The summed E-state index contributed by atoms with van der Waals surface area (Å²) in [4.78, 5) is 47.0. The Labute approximate surface area is 236 Å². The molecule has 0 aromatic rings. The number of carbonyl (C=O) groups excluding carboxylic acids is 3. The van der Waals surface area contributed by atoms with E-state index in [-0.39, 0.29) is 37.0 Å². The lowest BCUT2D eigenvalue weighted by molar-refractivity contribution is -0.142. The molecule has 0 radical (unpaired) electrons. The SMILES string of the molecule is CCCCCCCCCCCCCCCC(=O)NC(CCC(=O)CCCOCCOCC(=O)NCC)C(=O)O. The minimum atomic E-state index is -1.11.